The largest absolute Gasteiger partial charge is 0.0620 e. The highest BCUT2D eigenvalue weighted by Gasteiger charge is 2.03. The summed E-state index contributed by atoms with van der Waals surface area (Å²) in [6, 6.07) is 124. The van der Waals surface area contributed by atoms with Crippen LogP contribution in [0, 0.1) is 125 Å². The molecule has 106 heavy (non-hydrogen) atoms. The molecular formula is C106H112. The van der Waals surface area contributed by atoms with E-state index in [1.165, 1.54) is 167 Å². The van der Waals surface area contributed by atoms with Crippen molar-refractivity contribution in [3.05, 3.63) is 452 Å². The lowest BCUT2D eigenvalue weighted by Gasteiger charge is -2.05. The molecule has 0 aliphatic carbocycles. The van der Waals surface area contributed by atoms with Crippen molar-refractivity contribution < 1.29 is 0 Å². The third-order valence-electron chi connectivity index (χ3n) is 18.2. The molecule has 536 valence electrons. The van der Waals surface area contributed by atoms with Gasteiger partial charge in [-0.15, -0.1) is 0 Å². The number of aryl methyl sites for hydroxylation is 18. The smallest absolute Gasteiger partial charge is 0.0155 e. The van der Waals surface area contributed by atoms with Gasteiger partial charge in [0.25, 0.3) is 0 Å². The van der Waals surface area contributed by atoms with E-state index < -0.39 is 0 Å². The van der Waals surface area contributed by atoms with Crippen molar-refractivity contribution in [2.24, 2.45) is 0 Å². The minimum absolute atomic E-state index is 1.29. The van der Waals surface area contributed by atoms with Crippen LogP contribution in [0.15, 0.2) is 352 Å². The molecule has 0 amide bonds. The summed E-state index contributed by atoms with van der Waals surface area (Å²) in [7, 11) is 0. The maximum absolute atomic E-state index is 2.22. The van der Waals surface area contributed by atoms with Gasteiger partial charge in [0.15, 0.2) is 0 Å². The van der Waals surface area contributed by atoms with Crippen molar-refractivity contribution in [3.63, 3.8) is 0 Å². The Bertz CT molecular complexity index is 4890. The van der Waals surface area contributed by atoms with Crippen LogP contribution in [-0.2, 0) is 0 Å². The van der Waals surface area contributed by atoms with Crippen LogP contribution < -0.4 is 0 Å². The van der Waals surface area contributed by atoms with Crippen molar-refractivity contribution in [1.29, 1.82) is 0 Å². The molecule has 0 nitrogen and oxygen atoms in total. The van der Waals surface area contributed by atoms with Crippen LogP contribution in [0.1, 0.15) is 100 Å². The molecule has 0 bridgehead atoms. The van der Waals surface area contributed by atoms with Crippen LogP contribution in [0.25, 0.3) is 66.4 Å². The molecule has 0 aromatic heterocycles. The minimum atomic E-state index is 1.29. The molecule has 0 aliphatic rings. The van der Waals surface area contributed by atoms with Crippen molar-refractivity contribution in [1.82, 2.24) is 0 Å². The van der Waals surface area contributed by atoms with Gasteiger partial charge in [-0.1, -0.05) is 430 Å². The lowest BCUT2D eigenvalue weighted by atomic mass is 9.99. The second-order valence-electron chi connectivity index (χ2n) is 28.3. The van der Waals surface area contributed by atoms with E-state index in [0.29, 0.717) is 0 Å². The molecule has 0 saturated carbocycles. The van der Waals surface area contributed by atoms with Crippen molar-refractivity contribution >= 4 is 10.8 Å². The Morgan fingerprint density at radius 2 is 0.321 bits per heavy atom. The SMILES string of the molecule is Cc1ccc(-c2ccc(C)cc2)cc1.Cc1ccc(-c2cccc(C)c2)cc1.Cc1ccc(-c2ccccc2C)cc1.Cc1ccc(C)cc1.Cc1ccc2cc(C)ccc2c1.Cc1cccc(-c2cccc(C)c2)c1.Cc1cccc(-c2ccccc2C)c1.Cc1cccc(C)c1.Cc1ccccc1C. The third kappa shape index (κ3) is 29.0. The summed E-state index contributed by atoms with van der Waals surface area (Å²) < 4.78 is 0. The molecule has 0 N–H and O–H groups in total. The number of hydrogen-bond acceptors (Lipinski definition) is 0. The average molecular weight is 1390 g/mol. The van der Waals surface area contributed by atoms with Crippen molar-refractivity contribution in [2.45, 2.75) is 125 Å². The fraction of sp³-hybridized carbons (Fsp3) is 0.170. The molecule has 15 rings (SSSR count). The second kappa shape index (κ2) is 43.0. The van der Waals surface area contributed by atoms with E-state index in [2.05, 4.69) is 476 Å². The molecule has 15 aromatic rings. The van der Waals surface area contributed by atoms with E-state index in [9.17, 15) is 0 Å². The van der Waals surface area contributed by atoms with Crippen LogP contribution in [-0.4, -0.2) is 0 Å². The summed E-state index contributed by atoms with van der Waals surface area (Å²) in [6.45, 7) is 38.1. The third-order valence-corrected chi connectivity index (χ3v) is 18.2. The average Bonchev–Trinajstić information content (AvgIpc) is 0.857. The molecular weight excluding hydrogens is 1270 g/mol. The molecule has 0 fully saturated rings. The van der Waals surface area contributed by atoms with Crippen LogP contribution >= 0.6 is 0 Å². The first kappa shape index (κ1) is 81.9. The molecule has 0 atom stereocenters. The zero-order valence-electron chi connectivity index (χ0n) is 66.5. The van der Waals surface area contributed by atoms with Gasteiger partial charge < -0.3 is 0 Å². The predicted molar refractivity (Wildman–Crippen MR) is 468 cm³/mol. The van der Waals surface area contributed by atoms with Gasteiger partial charge >= 0.3 is 0 Å². The Morgan fingerprint density at radius 1 is 0.113 bits per heavy atom. The van der Waals surface area contributed by atoms with Gasteiger partial charge in [-0.2, -0.15) is 0 Å². The van der Waals surface area contributed by atoms with Gasteiger partial charge in [-0.3, -0.25) is 0 Å². The van der Waals surface area contributed by atoms with Gasteiger partial charge in [-0.25, -0.2) is 0 Å². The van der Waals surface area contributed by atoms with Crippen molar-refractivity contribution in [3.8, 4) is 55.6 Å². The maximum Gasteiger partial charge on any atom is -0.0155 e. The van der Waals surface area contributed by atoms with Gasteiger partial charge in [0.2, 0.25) is 0 Å². The fourth-order valence-corrected chi connectivity index (χ4v) is 11.6. The monoisotopic (exact) mass is 1380 g/mol. The van der Waals surface area contributed by atoms with E-state index in [-0.39, 0.29) is 0 Å². The lowest BCUT2D eigenvalue weighted by Crippen LogP contribution is -1.82. The summed E-state index contributed by atoms with van der Waals surface area (Å²) in [4.78, 5) is 0. The Kier molecular flexibility index (Phi) is 33.2. The maximum atomic E-state index is 2.22. The molecule has 0 unspecified atom stereocenters. The second-order valence-corrected chi connectivity index (χ2v) is 28.3. The van der Waals surface area contributed by atoms with Crippen LogP contribution in [0.5, 0.6) is 0 Å². The molecule has 0 spiro atoms. The molecule has 0 heterocycles. The number of rotatable bonds is 5. The number of benzene rings is 15. The quantitative estimate of drug-likeness (QED) is 0.161. The van der Waals surface area contributed by atoms with Gasteiger partial charge in [0, 0.05) is 0 Å². The first-order valence-corrected chi connectivity index (χ1v) is 37.2. The highest BCUT2D eigenvalue weighted by Crippen LogP contribution is 2.27. The molecule has 0 heteroatoms. The topological polar surface area (TPSA) is 0 Å². The summed E-state index contributed by atoms with van der Waals surface area (Å²) in [5, 5.41) is 2.67. The summed E-state index contributed by atoms with van der Waals surface area (Å²) in [5.41, 5.74) is 36.9. The van der Waals surface area contributed by atoms with E-state index in [1.807, 2.05) is 0 Å². The summed E-state index contributed by atoms with van der Waals surface area (Å²) >= 11 is 0. The highest BCUT2D eigenvalue weighted by atomic mass is 14.1. The Hall–Kier alpha value is -11.4. The fourth-order valence-electron chi connectivity index (χ4n) is 11.6. The van der Waals surface area contributed by atoms with E-state index in [4.69, 9.17) is 0 Å². The molecule has 0 aliphatic heterocycles. The van der Waals surface area contributed by atoms with E-state index >= 15 is 0 Å². The zero-order chi connectivity index (χ0) is 76.3. The van der Waals surface area contributed by atoms with E-state index in [1.54, 1.807) is 0 Å². The minimum Gasteiger partial charge on any atom is -0.0620 e. The van der Waals surface area contributed by atoms with Gasteiger partial charge in [-0.05, 0) is 213 Å². The van der Waals surface area contributed by atoms with Gasteiger partial charge in [0.1, 0.15) is 0 Å². The standard InChI is InChI=1S/5C14H14.C12H12.3C8H10/c1-11-3-7-13(8-4-11)14-9-5-12(2)6-10-14;1-11-5-3-7-13(9-11)14-8-4-6-12(2)10-14;1-11-6-5-8-13(10-11)14-9-4-3-7-12(14)2;1-11-6-8-13(9-7-11)14-5-3-4-12(2)10-14;1-11-7-9-13(10-8-11)14-6-4-3-5-12(14)2;1-9-3-5-12-8-10(2)4-6-11(12)7-9;1-7-3-5-8(2)6-4-7;1-7-4-3-5-8(2)6-7;1-7-5-3-4-6-8(7)2/h5*3-10H,1-2H3;3-8H,1-2H3;3*3-6H,1-2H3. The lowest BCUT2D eigenvalue weighted by molar-refractivity contribution is 1.34. The Balaban J connectivity index is 0.000000168. The molecule has 0 saturated heterocycles. The van der Waals surface area contributed by atoms with Crippen LogP contribution in [0.2, 0.25) is 0 Å². The zero-order valence-corrected chi connectivity index (χ0v) is 66.5. The van der Waals surface area contributed by atoms with Crippen LogP contribution in [0.4, 0.5) is 0 Å². The van der Waals surface area contributed by atoms with Crippen LogP contribution in [0.3, 0.4) is 0 Å². The first-order chi connectivity index (χ1) is 50.9. The highest BCUT2D eigenvalue weighted by molar-refractivity contribution is 5.83. The number of hydrogen-bond donors (Lipinski definition) is 0. The normalized spacial score (nSPS) is 9.98. The summed E-state index contributed by atoms with van der Waals surface area (Å²) in [5.74, 6) is 0. The summed E-state index contributed by atoms with van der Waals surface area (Å²) in [6.07, 6.45) is 0. The molecule has 0 radical (unpaired) electrons. The van der Waals surface area contributed by atoms with Crippen molar-refractivity contribution in [2.75, 3.05) is 0 Å². The Morgan fingerprint density at radius 3 is 0.604 bits per heavy atom. The van der Waals surface area contributed by atoms with Gasteiger partial charge in [0.05, 0.1) is 0 Å². The van der Waals surface area contributed by atoms with E-state index in [0.717, 1.165) is 0 Å². The molecule has 15 aromatic carbocycles. The number of fused-ring (bicyclic) bond motifs is 1. The predicted octanol–water partition coefficient (Wildman–Crippen LogP) is 30.2. The first-order valence-electron chi connectivity index (χ1n) is 37.2. The Labute approximate surface area is 638 Å².